The zero-order valence-corrected chi connectivity index (χ0v) is 11.5. The van der Waals surface area contributed by atoms with E-state index in [9.17, 15) is 4.79 Å². The zero-order chi connectivity index (χ0) is 13.7. The van der Waals surface area contributed by atoms with Crippen LogP contribution in [0, 0.1) is 0 Å². The van der Waals surface area contributed by atoms with E-state index in [0.29, 0.717) is 18.7 Å². The van der Waals surface area contributed by atoms with Crippen LogP contribution in [0.3, 0.4) is 0 Å². The summed E-state index contributed by atoms with van der Waals surface area (Å²) in [4.78, 5) is 11.8. The van der Waals surface area contributed by atoms with E-state index in [1.54, 1.807) is 0 Å². The van der Waals surface area contributed by atoms with Crippen LogP contribution < -0.4 is 0 Å². The van der Waals surface area contributed by atoms with E-state index < -0.39 is 0 Å². The quantitative estimate of drug-likeness (QED) is 0.764. The van der Waals surface area contributed by atoms with Gasteiger partial charge in [0, 0.05) is 13.0 Å². The van der Waals surface area contributed by atoms with Gasteiger partial charge >= 0.3 is 5.97 Å². The van der Waals surface area contributed by atoms with Crippen molar-refractivity contribution >= 4 is 11.7 Å². The number of esters is 1. The predicted molar refractivity (Wildman–Crippen MR) is 74.9 cm³/mol. The van der Waals surface area contributed by atoms with Crippen molar-refractivity contribution in [3.63, 3.8) is 0 Å². The van der Waals surface area contributed by atoms with Crippen LogP contribution in [0.2, 0.25) is 0 Å². The van der Waals surface area contributed by atoms with Crippen molar-refractivity contribution in [3.05, 3.63) is 35.9 Å². The summed E-state index contributed by atoms with van der Waals surface area (Å²) in [5, 5.41) is 6.43. The Morgan fingerprint density at radius 1 is 1.37 bits per heavy atom. The minimum absolute atomic E-state index is 0.153. The fourth-order valence-corrected chi connectivity index (χ4v) is 2.29. The first-order valence-electron chi connectivity index (χ1n) is 6.82. The van der Waals surface area contributed by atoms with Crippen molar-refractivity contribution in [2.75, 3.05) is 13.2 Å². The normalized spacial score (nSPS) is 18.3. The summed E-state index contributed by atoms with van der Waals surface area (Å²) >= 11 is 0. The molecule has 0 spiro atoms. The number of nitrogens with zero attached hydrogens (tertiary/aromatic N) is 2. The van der Waals surface area contributed by atoms with Gasteiger partial charge in [0.1, 0.15) is 5.71 Å². The highest BCUT2D eigenvalue weighted by molar-refractivity contribution is 6.36. The molecular formula is C15H20N2O2. The third kappa shape index (κ3) is 3.13. The number of ether oxygens (including phenoxy) is 1. The molecule has 0 bridgehead atoms. The molecule has 0 unspecified atom stereocenters. The van der Waals surface area contributed by atoms with Gasteiger partial charge in [0.25, 0.3) is 0 Å². The van der Waals surface area contributed by atoms with Crippen LogP contribution in [0.25, 0.3) is 0 Å². The lowest BCUT2D eigenvalue weighted by Gasteiger charge is -2.23. The average Bonchev–Trinajstić information content (AvgIpc) is 2.85. The molecule has 0 amide bonds. The van der Waals surface area contributed by atoms with E-state index in [-0.39, 0.29) is 12.0 Å². The monoisotopic (exact) mass is 260 g/mol. The second-order valence-corrected chi connectivity index (χ2v) is 4.56. The van der Waals surface area contributed by atoms with Crippen LogP contribution in [0.15, 0.2) is 35.4 Å². The molecule has 1 aromatic rings. The summed E-state index contributed by atoms with van der Waals surface area (Å²) < 4.78 is 5.04. The first kappa shape index (κ1) is 13.6. The molecular weight excluding hydrogens is 240 g/mol. The van der Waals surface area contributed by atoms with Crippen molar-refractivity contribution in [2.45, 2.75) is 32.7 Å². The van der Waals surface area contributed by atoms with Crippen LogP contribution in [-0.2, 0) is 9.53 Å². The average molecular weight is 260 g/mol. The molecule has 1 atom stereocenters. The third-order valence-electron chi connectivity index (χ3n) is 3.14. The fraction of sp³-hybridized carbons (Fsp3) is 0.467. The van der Waals surface area contributed by atoms with Gasteiger partial charge in [0.05, 0.1) is 12.6 Å². The molecule has 1 aliphatic heterocycles. The molecule has 1 aliphatic rings. The van der Waals surface area contributed by atoms with Crippen LogP contribution in [0.4, 0.5) is 0 Å². The molecule has 2 rings (SSSR count). The minimum Gasteiger partial charge on any atom is -0.461 e. The maximum absolute atomic E-state index is 11.8. The topological polar surface area (TPSA) is 41.9 Å². The van der Waals surface area contributed by atoms with Crippen molar-refractivity contribution in [2.24, 2.45) is 5.10 Å². The molecule has 0 aromatic heterocycles. The molecule has 0 N–H and O–H groups in total. The maximum Gasteiger partial charge on any atom is 0.354 e. The fourth-order valence-electron chi connectivity index (χ4n) is 2.29. The van der Waals surface area contributed by atoms with Crippen molar-refractivity contribution in [3.8, 4) is 0 Å². The minimum atomic E-state index is -0.290. The Bertz CT molecular complexity index is 456. The Balaban J connectivity index is 2.16. The molecule has 4 heteroatoms. The molecule has 0 aliphatic carbocycles. The van der Waals surface area contributed by atoms with Gasteiger partial charge in [0.15, 0.2) is 0 Å². The van der Waals surface area contributed by atoms with Gasteiger partial charge in [-0.3, -0.25) is 5.01 Å². The third-order valence-corrected chi connectivity index (χ3v) is 3.14. The highest BCUT2D eigenvalue weighted by atomic mass is 16.5. The number of hydrogen-bond donors (Lipinski definition) is 0. The summed E-state index contributed by atoms with van der Waals surface area (Å²) in [6, 6.07) is 10.3. The van der Waals surface area contributed by atoms with Gasteiger partial charge in [-0.2, -0.15) is 5.10 Å². The summed E-state index contributed by atoms with van der Waals surface area (Å²) in [5.41, 5.74) is 1.73. The Morgan fingerprint density at radius 2 is 2.11 bits per heavy atom. The first-order valence-corrected chi connectivity index (χ1v) is 6.82. The lowest BCUT2D eigenvalue weighted by molar-refractivity contribution is -0.135. The van der Waals surface area contributed by atoms with E-state index in [2.05, 4.69) is 24.2 Å². The smallest absolute Gasteiger partial charge is 0.354 e. The van der Waals surface area contributed by atoms with E-state index >= 15 is 0 Å². The molecule has 1 aromatic carbocycles. The number of carbonyl (C=O) groups is 1. The molecule has 1 heterocycles. The molecule has 0 saturated carbocycles. The summed E-state index contributed by atoms with van der Waals surface area (Å²) in [7, 11) is 0. The maximum atomic E-state index is 11.8. The zero-order valence-electron chi connectivity index (χ0n) is 11.5. The summed E-state index contributed by atoms with van der Waals surface area (Å²) in [6.45, 7) is 5.16. The molecule has 4 nitrogen and oxygen atoms in total. The van der Waals surface area contributed by atoms with Crippen LogP contribution in [-0.4, -0.2) is 29.8 Å². The SMILES string of the molecule is CCCN1N=C(C(=O)OCC)C[C@H]1c1ccccc1. The lowest BCUT2D eigenvalue weighted by Crippen LogP contribution is -2.20. The van der Waals surface area contributed by atoms with E-state index in [1.807, 2.05) is 30.1 Å². The molecule has 0 fully saturated rings. The largest absolute Gasteiger partial charge is 0.461 e. The Kier molecular flexibility index (Phi) is 4.55. The highest BCUT2D eigenvalue weighted by Gasteiger charge is 2.31. The van der Waals surface area contributed by atoms with Gasteiger partial charge in [-0.15, -0.1) is 0 Å². The Labute approximate surface area is 114 Å². The number of benzene rings is 1. The molecule has 102 valence electrons. The number of carbonyl (C=O) groups excluding carboxylic acids is 1. The van der Waals surface area contributed by atoms with Gasteiger partial charge in [-0.05, 0) is 18.9 Å². The van der Waals surface area contributed by atoms with Crippen molar-refractivity contribution in [1.29, 1.82) is 0 Å². The van der Waals surface area contributed by atoms with Crippen LogP contribution >= 0.6 is 0 Å². The Hall–Kier alpha value is -1.84. The number of rotatable bonds is 5. The molecule has 19 heavy (non-hydrogen) atoms. The highest BCUT2D eigenvalue weighted by Crippen LogP contribution is 2.30. The van der Waals surface area contributed by atoms with Gasteiger partial charge < -0.3 is 4.74 Å². The van der Waals surface area contributed by atoms with Crippen molar-refractivity contribution in [1.82, 2.24) is 5.01 Å². The molecule has 0 saturated heterocycles. The Morgan fingerprint density at radius 3 is 2.74 bits per heavy atom. The first-order chi connectivity index (χ1) is 9.26. The lowest BCUT2D eigenvalue weighted by atomic mass is 10.0. The van der Waals surface area contributed by atoms with Crippen LogP contribution in [0.5, 0.6) is 0 Å². The van der Waals surface area contributed by atoms with E-state index in [4.69, 9.17) is 4.74 Å². The summed E-state index contributed by atoms with van der Waals surface area (Å²) in [6.07, 6.45) is 1.63. The molecule has 0 radical (unpaired) electrons. The standard InChI is InChI=1S/C15H20N2O2/c1-3-10-17-14(12-8-6-5-7-9-12)11-13(16-17)15(18)19-4-2/h5-9,14H,3-4,10-11H2,1-2H3/t14-/m0/s1. The summed E-state index contributed by atoms with van der Waals surface area (Å²) in [5.74, 6) is -0.290. The van der Waals surface area contributed by atoms with Crippen molar-refractivity contribution < 1.29 is 9.53 Å². The van der Waals surface area contributed by atoms with Gasteiger partial charge in [-0.1, -0.05) is 37.3 Å². The number of hydrogen-bond acceptors (Lipinski definition) is 4. The number of hydrazone groups is 1. The van der Waals surface area contributed by atoms with E-state index in [1.165, 1.54) is 5.56 Å². The van der Waals surface area contributed by atoms with E-state index in [0.717, 1.165) is 13.0 Å². The van der Waals surface area contributed by atoms with Gasteiger partial charge in [-0.25, -0.2) is 4.79 Å². The second kappa shape index (κ2) is 6.36. The second-order valence-electron chi connectivity index (χ2n) is 4.56. The van der Waals surface area contributed by atoms with Crippen LogP contribution in [0.1, 0.15) is 38.3 Å². The van der Waals surface area contributed by atoms with Gasteiger partial charge in [0.2, 0.25) is 0 Å². The predicted octanol–water partition coefficient (Wildman–Crippen LogP) is 2.76.